The number of methoxy groups -OCH3 is 1. The van der Waals surface area contributed by atoms with Crippen LogP contribution in [-0.4, -0.2) is 19.0 Å². The summed E-state index contributed by atoms with van der Waals surface area (Å²) < 4.78 is 5.07. The van der Waals surface area contributed by atoms with Crippen molar-refractivity contribution in [1.29, 1.82) is 0 Å². The second-order valence-electron chi connectivity index (χ2n) is 2.46. The van der Waals surface area contributed by atoms with Gasteiger partial charge < -0.3 is 10.1 Å². The van der Waals surface area contributed by atoms with Gasteiger partial charge in [-0.15, -0.1) is 0 Å². The summed E-state index contributed by atoms with van der Waals surface area (Å²) >= 11 is 3.24. The van der Waals surface area contributed by atoms with E-state index in [0.29, 0.717) is 5.69 Å². The Morgan fingerprint density at radius 1 is 1.43 bits per heavy atom. The fourth-order valence-corrected chi connectivity index (χ4v) is 1.24. The molecule has 5 heteroatoms. The van der Waals surface area contributed by atoms with Crippen LogP contribution in [0.3, 0.4) is 0 Å². The van der Waals surface area contributed by atoms with Crippen LogP contribution in [0.2, 0.25) is 0 Å². The maximum atomic E-state index is 11.1. The van der Waals surface area contributed by atoms with Crippen LogP contribution in [0, 0.1) is 0 Å². The van der Waals surface area contributed by atoms with Crippen molar-refractivity contribution in [2.75, 3.05) is 12.4 Å². The Hall–Kier alpha value is -1.36. The van der Waals surface area contributed by atoms with Crippen LogP contribution in [0.5, 0.6) is 0 Å². The second-order valence-corrected chi connectivity index (χ2v) is 3.37. The predicted molar refractivity (Wildman–Crippen MR) is 54.8 cm³/mol. The first-order chi connectivity index (χ1) is 6.63. The van der Waals surface area contributed by atoms with Gasteiger partial charge in [0.05, 0.1) is 7.11 Å². The van der Waals surface area contributed by atoms with E-state index < -0.39 is 11.9 Å². The number of esters is 1. The molecule has 0 radical (unpaired) electrons. The molecule has 0 fully saturated rings. The number of carbonyl (C=O) groups is 2. The minimum absolute atomic E-state index is 0.537. The zero-order valence-electron chi connectivity index (χ0n) is 7.41. The van der Waals surface area contributed by atoms with Crippen molar-refractivity contribution in [3.8, 4) is 0 Å². The molecular formula is C9H8BrNO3. The lowest BCUT2D eigenvalue weighted by molar-refractivity contribution is -0.150. The number of ether oxygens (including phenoxy) is 1. The van der Waals surface area contributed by atoms with Crippen molar-refractivity contribution in [3.63, 3.8) is 0 Å². The summed E-state index contributed by atoms with van der Waals surface area (Å²) in [6, 6.07) is 6.91. The number of nitrogens with one attached hydrogen (secondary N) is 1. The van der Waals surface area contributed by atoms with Crippen molar-refractivity contribution in [1.82, 2.24) is 0 Å². The van der Waals surface area contributed by atoms with Gasteiger partial charge in [-0.05, 0) is 18.2 Å². The summed E-state index contributed by atoms with van der Waals surface area (Å²) in [5, 5.41) is 2.39. The molecule has 1 amide bonds. The average Bonchev–Trinajstić information content (AvgIpc) is 2.16. The molecule has 0 saturated heterocycles. The van der Waals surface area contributed by atoms with Gasteiger partial charge in [-0.2, -0.15) is 0 Å². The number of carbonyl (C=O) groups excluding carboxylic acids is 2. The lowest BCUT2D eigenvalue weighted by Gasteiger charge is -2.03. The molecule has 0 atom stereocenters. The molecule has 74 valence electrons. The number of hydrogen-bond acceptors (Lipinski definition) is 3. The van der Waals surface area contributed by atoms with Crippen LogP contribution >= 0.6 is 15.9 Å². The lowest BCUT2D eigenvalue weighted by atomic mass is 10.3. The van der Waals surface area contributed by atoms with Crippen molar-refractivity contribution < 1.29 is 14.3 Å². The highest BCUT2D eigenvalue weighted by atomic mass is 79.9. The van der Waals surface area contributed by atoms with Gasteiger partial charge in [-0.1, -0.05) is 22.0 Å². The Kier molecular flexibility index (Phi) is 3.64. The molecule has 0 saturated carbocycles. The first-order valence-corrected chi connectivity index (χ1v) is 4.57. The molecule has 0 aliphatic heterocycles. The van der Waals surface area contributed by atoms with E-state index in [1.54, 1.807) is 18.2 Å². The molecule has 0 aliphatic carbocycles. The van der Waals surface area contributed by atoms with Crippen molar-refractivity contribution in [2.45, 2.75) is 0 Å². The minimum atomic E-state index is -0.912. The smallest absolute Gasteiger partial charge is 0.396 e. The molecule has 0 spiro atoms. The van der Waals surface area contributed by atoms with Gasteiger partial charge >= 0.3 is 11.9 Å². The quantitative estimate of drug-likeness (QED) is 0.614. The average molecular weight is 258 g/mol. The standard InChI is InChI=1S/C9H8BrNO3/c1-14-9(13)8(12)11-7-4-2-3-6(10)5-7/h2-5H,1H3,(H,11,12). The maximum Gasteiger partial charge on any atom is 0.396 e. The SMILES string of the molecule is COC(=O)C(=O)Nc1cccc(Br)c1. The first-order valence-electron chi connectivity index (χ1n) is 3.78. The molecule has 0 bridgehead atoms. The number of anilines is 1. The normalized spacial score (nSPS) is 9.29. The van der Waals surface area contributed by atoms with Crippen LogP contribution in [0.25, 0.3) is 0 Å². The van der Waals surface area contributed by atoms with E-state index in [1.165, 1.54) is 0 Å². The lowest BCUT2D eigenvalue weighted by Crippen LogP contribution is -2.23. The highest BCUT2D eigenvalue weighted by Crippen LogP contribution is 2.15. The number of rotatable bonds is 1. The van der Waals surface area contributed by atoms with Gasteiger partial charge in [-0.3, -0.25) is 4.79 Å². The van der Waals surface area contributed by atoms with Gasteiger partial charge in [0.2, 0.25) is 0 Å². The van der Waals surface area contributed by atoms with E-state index in [0.717, 1.165) is 11.6 Å². The van der Waals surface area contributed by atoms with E-state index in [-0.39, 0.29) is 0 Å². The van der Waals surface area contributed by atoms with Gasteiger partial charge in [-0.25, -0.2) is 4.79 Å². The molecular weight excluding hydrogens is 250 g/mol. The Morgan fingerprint density at radius 2 is 2.14 bits per heavy atom. The van der Waals surface area contributed by atoms with Crippen molar-refractivity contribution in [2.24, 2.45) is 0 Å². The molecule has 0 aromatic heterocycles. The Morgan fingerprint density at radius 3 is 2.71 bits per heavy atom. The highest BCUT2D eigenvalue weighted by molar-refractivity contribution is 9.10. The predicted octanol–water partition coefficient (Wildman–Crippen LogP) is 1.56. The van der Waals surface area contributed by atoms with E-state index in [2.05, 4.69) is 26.0 Å². The third-order valence-electron chi connectivity index (χ3n) is 1.45. The van der Waals surface area contributed by atoms with Crippen LogP contribution in [0.1, 0.15) is 0 Å². The monoisotopic (exact) mass is 257 g/mol. The molecule has 1 aromatic rings. The molecule has 1 rings (SSSR count). The first kappa shape index (κ1) is 10.7. The van der Waals surface area contributed by atoms with E-state index in [4.69, 9.17) is 0 Å². The molecule has 0 heterocycles. The summed E-state index contributed by atoms with van der Waals surface area (Å²) in [6.45, 7) is 0. The van der Waals surface area contributed by atoms with Crippen LogP contribution in [0.4, 0.5) is 5.69 Å². The Balaban J connectivity index is 2.70. The second kappa shape index (κ2) is 4.76. The topological polar surface area (TPSA) is 55.4 Å². The summed E-state index contributed by atoms with van der Waals surface area (Å²) in [7, 11) is 1.16. The fraction of sp³-hybridized carbons (Fsp3) is 0.111. The van der Waals surface area contributed by atoms with E-state index in [1.807, 2.05) is 6.07 Å². The number of amides is 1. The van der Waals surface area contributed by atoms with Crippen LogP contribution in [-0.2, 0) is 14.3 Å². The Bertz CT molecular complexity index is 365. The number of benzene rings is 1. The number of halogens is 1. The Labute approximate surface area is 89.4 Å². The molecule has 4 nitrogen and oxygen atoms in total. The zero-order chi connectivity index (χ0) is 10.6. The van der Waals surface area contributed by atoms with Gasteiger partial charge in [0.25, 0.3) is 0 Å². The van der Waals surface area contributed by atoms with E-state index in [9.17, 15) is 9.59 Å². The van der Waals surface area contributed by atoms with E-state index >= 15 is 0 Å². The minimum Gasteiger partial charge on any atom is -0.462 e. The highest BCUT2D eigenvalue weighted by Gasteiger charge is 2.13. The fourth-order valence-electron chi connectivity index (χ4n) is 0.841. The summed E-state index contributed by atoms with van der Waals surface area (Å²) in [6.07, 6.45) is 0. The van der Waals surface area contributed by atoms with Gasteiger partial charge in [0, 0.05) is 10.2 Å². The third kappa shape index (κ3) is 2.85. The van der Waals surface area contributed by atoms with Crippen LogP contribution in [0.15, 0.2) is 28.7 Å². The summed E-state index contributed by atoms with van der Waals surface area (Å²) in [5.74, 6) is -1.70. The number of hydrogen-bond donors (Lipinski definition) is 1. The largest absolute Gasteiger partial charge is 0.462 e. The van der Waals surface area contributed by atoms with Gasteiger partial charge in [0.15, 0.2) is 0 Å². The third-order valence-corrected chi connectivity index (χ3v) is 1.95. The molecule has 0 aliphatic rings. The van der Waals surface area contributed by atoms with Crippen molar-refractivity contribution in [3.05, 3.63) is 28.7 Å². The molecule has 14 heavy (non-hydrogen) atoms. The van der Waals surface area contributed by atoms with Gasteiger partial charge in [0.1, 0.15) is 0 Å². The molecule has 0 unspecified atom stereocenters. The molecule has 1 N–H and O–H groups in total. The maximum absolute atomic E-state index is 11.1. The summed E-state index contributed by atoms with van der Waals surface area (Å²) in [5.41, 5.74) is 0.537. The van der Waals surface area contributed by atoms with Crippen LogP contribution < -0.4 is 5.32 Å². The van der Waals surface area contributed by atoms with Crippen molar-refractivity contribution >= 4 is 33.5 Å². The summed E-state index contributed by atoms with van der Waals surface area (Å²) in [4.78, 5) is 21.8. The zero-order valence-corrected chi connectivity index (χ0v) is 9.00. The molecule has 1 aromatic carbocycles.